The Bertz CT molecular complexity index is 1420. The maximum absolute atomic E-state index is 8.05. The highest BCUT2D eigenvalue weighted by Crippen LogP contribution is 2.71. The van der Waals surface area contributed by atoms with Crippen LogP contribution in [0.1, 0.15) is 122 Å². The van der Waals surface area contributed by atoms with E-state index in [-0.39, 0.29) is 7.92 Å². The number of hydrogen-bond acceptors (Lipinski definition) is 1. The van der Waals surface area contributed by atoms with Crippen LogP contribution in [0.3, 0.4) is 0 Å². The summed E-state index contributed by atoms with van der Waals surface area (Å²) in [5, 5.41) is 4.53. The molecule has 48 heavy (non-hydrogen) atoms. The van der Waals surface area contributed by atoms with Crippen molar-refractivity contribution in [2.24, 2.45) is 40.7 Å². The molecule has 1 nitrogen and oxygen atoms in total. The van der Waals surface area contributed by atoms with Crippen LogP contribution in [0.15, 0.2) is 84.9 Å². The summed E-state index contributed by atoms with van der Waals surface area (Å²) in [6.07, 6.45) is 21.6. The average molecular weight is 678 g/mol. The lowest BCUT2D eigenvalue weighted by Crippen LogP contribution is -2.40. The van der Waals surface area contributed by atoms with Crippen molar-refractivity contribution in [2.75, 3.05) is 0 Å². The molecule has 5 aliphatic carbocycles. The Morgan fingerprint density at radius 1 is 0.688 bits per heavy atom. The van der Waals surface area contributed by atoms with Crippen LogP contribution in [0.4, 0.5) is 0 Å². The number of nitrogens with two attached hydrogens (primary N) is 1. The molecule has 3 aromatic carbocycles. The van der Waals surface area contributed by atoms with Gasteiger partial charge in [-0.15, -0.1) is 0 Å². The minimum Gasteiger partial charge on any atom is -0.324 e. The predicted octanol–water partition coefficient (Wildman–Crippen LogP) is 11.1. The first-order chi connectivity index (χ1) is 23.5. The summed E-state index contributed by atoms with van der Waals surface area (Å²) >= 11 is 0. The van der Waals surface area contributed by atoms with Crippen molar-refractivity contribution in [2.45, 2.75) is 133 Å². The lowest BCUT2D eigenvalue weighted by Gasteiger charge is -2.45. The molecule has 5 aliphatic rings. The molecule has 5 fully saturated rings. The van der Waals surface area contributed by atoms with Crippen LogP contribution in [-0.4, -0.2) is 17.1 Å². The Hall–Kier alpha value is -1.52. The third-order valence-corrected chi connectivity index (χ3v) is 20.5. The topological polar surface area (TPSA) is 26.0 Å². The molecule has 5 saturated carbocycles. The fourth-order valence-corrected chi connectivity index (χ4v) is 19.3. The van der Waals surface area contributed by atoms with E-state index >= 15 is 0 Å². The highest BCUT2D eigenvalue weighted by atomic mass is 31.1. The van der Waals surface area contributed by atoms with Gasteiger partial charge in [0, 0.05) is 5.78 Å². The van der Waals surface area contributed by atoms with E-state index in [1.165, 1.54) is 107 Å². The Kier molecular flexibility index (Phi) is 10.2. The van der Waals surface area contributed by atoms with Gasteiger partial charge in [-0.25, -0.2) is 0 Å². The Morgan fingerprint density at radius 3 is 1.81 bits per heavy atom. The quantitative estimate of drug-likeness (QED) is 0.141. The molecular formula is C45H61NP2. The first kappa shape index (κ1) is 33.6. The Morgan fingerprint density at radius 2 is 1.27 bits per heavy atom. The smallest absolute Gasteiger partial charge is 0.0282 e. The van der Waals surface area contributed by atoms with Crippen LogP contribution in [-0.2, 0) is 0 Å². The number of rotatable bonds is 13. The van der Waals surface area contributed by atoms with E-state index in [9.17, 15) is 0 Å². The van der Waals surface area contributed by atoms with Gasteiger partial charge in [-0.3, -0.25) is 0 Å². The lowest BCUT2D eigenvalue weighted by molar-refractivity contribution is 0.279. The summed E-state index contributed by atoms with van der Waals surface area (Å²) < 4.78 is 0. The minimum atomic E-state index is -0.644. The Labute approximate surface area is 295 Å². The van der Waals surface area contributed by atoms with E-state index in [1.54, 1.807) is 10.9 Å². The van der Waals surface area contributed by atoms with Crippen molar-refractivity contribution in [3.05, 3.63) is 90.5 Å². The van der Waals surface area contributed by atoms with Crippen molar-refractivity contribution >= 4 is 31.8 Å². The van der Waals surface area contributed by atoms with Crippen LogP contribution in [0, 0.1) is 35.0 Å². The zero-order valence-corrected chi connectivity index (χ0v) is 31.6. The number of unbranched alkanes of at least 4 members (excludes halogenated alkanes) is 3. The van der Waals surface area contributed by atoms with E-state index in [0.29, 0.717) is 23.0 Å². The van der Waals surface area contributed by atoms with Crippen molar-refractivity contribution in [1.29, 1.82) is 0 Å². The predicted molar refractivity (Wildman–Crippen MR) is 211 cm³/mol. The van der Waals surface area contributed by atoms with Crippen molar-refractivity contribution in [3.63, 3.8) is 0 Å². The third kappa shape index (κ3) is 6.65. The summed E-state index contributed by atoms with van der Waals surface area (Å²) in [5.74, 6) is 5.57. The van der Waals surface area contributed by atoms with Gasteiger partial charge >= 0.3 is 0 Å². The summed E-state index contributed by atoms with van der Waals surface area (Å²) in [7, 11) is -0.815. The molecule has 0 aliphatic heterocycles. The van der Waals surface area contributed by atoms with E-state index in [2.05, 4.69) is 98.8 Å². The van der Waals surface area contributed by atoms with Gasteiger partial charge in [0.2, 0.25) is 0 Å². The average Bonchev–Trinajstić information content (AvgIpc) is 3.97. The Balaban J connectivity index is 1.19. The summed E-state index contributed by atoms with van der Waals surface area (Å²) in [4.78, 5) is 0. The molecule has 0 radical (unpaired) electrons. The van der Waals surface area contributed by atoms with Gasteiger partial charge in [0.05, 0.1) is 0 Å². The number of hydrogen-bond donors (Lipinski definition) is 1. The van der Waals surface area contributed by atoms with Crippen LogP contribution in [0.25, 0.3) is 0 Å². The van der Waals surface area contributed by atoms with Gasteiger partial charge < -0.3 is 5.73 Å². The fraction of sp³-hybridized carbons (Fsp3) is 0.600. The first-order valence-corrected chi connectivity index (χ1v) is 22.9. The van der Waals surface area contributed by atoms with Gasteiger partial charge in [0.1, 0.15) is 0 Å². The largest absolute Gasteiger partial charge is 0.324 e. The van der Waals surface area contributed by atoms with Crippen molar-refractivity contribution in [1.82, 2.24) is 0 Å². The maximum Gasteiger partial charge on any atom is 0.0282 e. The number of benzene rings is 3. The number of fused-ring (bicyclic) bond motifs is 4. The molecule has 4 bridgehead atoms. The molecule has 8 unspecified atom stereocenters. The standard InChI is InChI=1S/C45H61NP2/c1-3-4-5-14-25-45(2)30-39(38-19-12-13-20-41(38)47(36-15-8-6-9-16-36)37-17-10-7-11-18-37)40(31-45)44(46)48(42-28-32-21-23-34(42)26-32)43-29-33-22-24-35(43)27-33/h6-13,15-20,32-35,39-40,42-44H,3-5,14,21-31,46H2,1-2H3/t32?,33?,34?,35?,39?,40?,42?,43?,44-,45-,48?/m0/s1. The first-order valence-electron chi connectivity index (χ1n) is 20.0. The molecule has 256 valence electrons. The second kappa shape index (κ2) is 14.6. The van der Waals surface area contributed by atoms with Gasteiger partial charge in [-0.05, 0) is 139 Å². The minimum absolute atomic E-state index is 0.171. The van der Waals surface area contributed by atoms with Crippen molar-refractivity contribution < 1.29 is 0 Å². The lowest BCUT2D eigenvalue weighted by atomic mass is 9.81. The van der Waals surface area contributed by atoms with Gasteiger partial charge in [-0.1, -0.05) is 145 Å². The monoisotopic (exact) mass is 677 g/mol. The third-order valence-electron chi connectivity index (χ3n) is 14.1. The molecule has 3 heteroatoms. The zero-order chi connectivity index (χ0) is 32.7. The molecule has 3 aromatic rings. The molecule has 2 N–H and O–H groups in total. The molecule has 0 heterocycles. The molecule has 0 amide bonds. The molecule has 8 rings (SSSR count). The van der Waals surface area contributed by atoms with Crippen LogP contribution < -0.4 is 21.6 Å². The second-order valence-corrected chi connectivity index (χ2v) is 22.3. The zero-order valence-electron chi connectivity index (χ0n) is 29.9. The highest BCUT2D eigenvalue weighted by Gasteiger charge is 2.55. The molecule has 0 saturated heterocycles. The van der Waals surface area contributed by atoms with E-state index < -0.39 is 7.92 Å². The van der Waals surface area contributed by atoms with Gasteiger partial charge in [0.15, 0.2) is 0 Å². The van der Waals surface area contributed by atoms with Crippen LogP contribution >= 0.6 is 15.8 Å². The summed E-state index contributed by atoms with van der Waals surface area (Å²) in [6, 6.07) is 32.6. The molecule has 10 atom stereocenters. The van der Waals surface area contributed by atoms with Crippen molar-refractivity contribution in [3.8, 4) is 0 Å². The highest BCUT2D eigenvalue weighted by molar-refractivity contribution is 7.79. The van der Waals surface area contributed by atoms with E-state index in [1.807, 2.05) is 0 Å². The maximum atomic E-state index is 8.05. The molecular weight excluding hydrogens is 616 g/mol. The van der Waals surface area contributed by atoms with Crippen LogP contribution in [0.2, 0.25) is 0 Å². The SMILES string of the molecule is CCCCCC[C@@]1(C)CC(c2ccccc2P(c2ccccc2)c2ccccc2)C([C@@H](N)P(C2CC3CCC2C3)C2CC3CCC2C3)C1. The molecule has 0 aromatic heterocycles. The normalized spacial score (nSPS) is 35.1. The summed E-state index contributed by atoms with van der Waals surface area (Å²) in [5.41, 5.74) is 12.0. The molecule has 0 spiro atoms. The van der Waals surface area contributed by atoms with Gasteiger partial charge in [-0.2, -0.15) is 0 Å². The van der Waals surface area contributed by atoms with E-state index in [0.717, 1.165) is 35.0 Å². The van der Waals surface area contributed by atoms with E-state index in [4.69, 9.17) is 5.73 Å². The van der Waals surface area contributed by atoms with Crippen LogP contribution in [0.5, 0.6) is 0 Å². The second-order valence-electron chi connectivity index (χ2n) is 17.3. The summed E-state index contributed by atoms with van der Waals surface area (Å²) in [6.45, 7) is 5.03. The fourth-order valence-electron chi connectivity index (χ4n) is 12.0. The van der Waals surface area contributed by atoms with Gasteiger partial charge in [0.25, 0.3) is 0 Å².